The molecule has 0 saturated carbocycles. The van der Waals surface area contributed by atoms with Gasteiger partial charge >= 0.3 is 0 Å². The van der Waals surface area contributed by atoms with E-state index in [1.165, 1.54) is 25.7 Å². The highest BCUT2D eigenvalue weighted by molar-refractivity contribution is 7.92. The molecule has 0 saturated heterocycles. The Kier molecular flexibility index (Phi) is 6.65. The minimum Gasteiger partial charge on any atom is -0.494 e. The Bertz CT molecular complexity index is 1430. The number of methoxy groups -OCH3 is 2. The lowest BCUT2D eigenvalue weighted by Gasteiger charge is -2.18. The Morgan fingerprint density at radius 3 is 2.20 bits per heavy atom. The number of aromatic nitrogens is 6. The van der Waals surface area contributed by atoms with Crippen LogP contribution in [0.3, 0.4) is 0 Å². The lowest BCUT2D eigenvalue weighted by molar-refractivity contribution is 0.391. The van der Waals surface area contributed by atoms with E-state index in [-0.39, 0.29) is 11.8 Å². The van der Waals surface area contributed by atoms with Gasteiger partial charge in [-0.15, -0.1) is 10.2 Å². The molecule has 1 N–H and O–H groups in total. The zero-order valence-corrected chi connectivity index (χ0v) is 20.7. The maximum Gasteiger partial charge on any atom is 0.245 e. The normalized spacial score (nSPS) is 12.3. The van der Waals surface area contributed by atoms with E-state index >= 15 is 0 Å². The number of hydrogen-bond donors (Lipinski definition) is 1. The van der Waals surface area contributed by atoms with Crippen LogP contribution in [0.5, 0.6) is 11.5 Å². The fourth-order valence-electron chi connectivity index (χ4n) is 3.45. The van der Waals surface area contributed by atoms with E-state index in [9.17, 15) is 8.42 Å². The van der Waals surface area contributed by atoms with Crippen molar-refractivity contribution in [3.8, 4) is 28.6 Å². The summed E-state index contributed by atoms with van der Waals surface area (Å²) in [6.07, 6.45) is 6.47. The number of nitrogens with zero attached hydrogens (tertiary/aromatic N) is 6. The fourth-order valence-corrected chi connectivity index (χ4v) is 4.41. The number of rotatable bonds is 8. The molecule has 0 aliphatic heterocycles. The minimum atomic E-state index is -4.02. The lowest BCUT2D eigenvalue weighted by Crippen LogP contribution is -2.23. The predicted octanol–water partition coefficient (Wildman–Crippen LogP) is 3.26. The van der Waals surface area contributed by atoms with Crippen LogP contribution in [0.1, 0.15) is 29.1 Å². The Morgan fingerprint density at radius 1 is 0.943 bits per heavy atom. The Balaban J connectivity index is 1.89. The van der Waals surface area contributed by atoms with Gasteiger partial charge in [0, 0.05) is 30.4 Å². The third-order valence-electron chi connectivity index (χ3n) is 5.29. The predicted molar refractivity (Wildman–Crippen MR) is 130 cm³/mol. The number of aryl methyl sites for hydroxylation is 2. The van der Waals surface area contributed by atoms with Crippen molar-refractivity contribution in [3.63, 3.8) is 0 Å². The molecule has 1 atom stereocenters. The van der Waals surface area contributed by atoms with E-state index in [0.29, 0.717) is 28.6 Å². The van der Waals surface area contributed by atoms with Gasteiger partial charge in [-0.2, -0.15) is 0 Å². The number of ether oxygens (including phenoxy) is 2. The highest BCUT2D eigenvalue weighted by Gasteiger charge is 2.30. The van der Waals surface area contributed by atoms with Gasteiger partial charge < -0.3 is 9.47 Å². The molecular formula is C23H25N7O4S. The molecule has 4 aromatic rings. The van der Waals surface area contributed by atoms with Crippen LogP contribution in [0.15, 0.2) is 49.1 Å². The summed E-state index contributed by atoms with van der Waals surface area (Å²) in [7, 11) is -0.999. The number of nitrogens with one attached hydrogen (secondary N) is 1. The first-order chi connectivity index (χ1) is 16.7. The molecule has 0 unspecified atom stereocenters. The van der Waals surface area contributed by atoms with Gasteiger partial charge in [0.25, 0.3) is 0 Å². The van der Waals surface area contributed by atoms with Gasteiger partial charge in [0.15, 0.2) is 5.82 Å². The van der Waals surface area contributed by atoms with Gasteiger partial charge in [-0.05, 0) is 50.1 Å². The van der Waals surface area contributed by atoms with E-state index in [1.54, 1.807) is 43.0 Å². The van der Waals surface area contributed by atoms with Gasteiger partial charge in [0.1, 0.15) is 28.3 Å². The molecule has 4 rings (SSSR count). The maximum atomic E-state index is 13.3. The van der Waals surface area contributed by atoms with Crippen molar-refractivity contribution in [3.05, 3.63) is 66.0 Å². The summed E-state index contributed by atoms with van der Waals surface area (Å²) in [5.74, 6) is 1.32. The van der Waals surface area contributed by atoms with Gasteiger partial charge in [0.2, 0.25) is 16.0 Å². The molecule has 3 heterocycles. The summed E-state index contributed by atoms with van der Waals surface area (Å²) < 4.78 is 41.9. The quantitative estimate of drug-likeness (QED) is 0.391. The van der Waals surface area contributed by atoms with Gasteiger partial charge in [-0.25, -0.2) is 18.4 Å². The second-order valence-corrected chi connectivity index (χ2v) is 9.85. The van der Waals surface area contributed by atoms with Crippen molar-refractivity contribution in [2.75, 3.05) is 18.9 Å². The zero-order valence-electron chi connectivity index (χ0n) is 19.9. The van der Waals surface area contributed by atoms with Gasteiger partial charge in [-0.1, -0.05) is 6.07 Å². The molecule has 12 heteroatoms. The van der Waals surface area contributed by atoms with Crippen LogP contribution < -0.4 is 14.2 Å². The molecule has 0 amide bonds. The van der Waals surface area contributed by atoms with Crippen LogP contribution in [0.4, 0.5) is 5.95 Å². The Labute approximate surface area is 203 Å². The smallest absolute Gasteiger partial charge is 0.245 e. The molecule has 182 valence electrons. The summed E-state index contributed by atoms with van der Waals surface area (Å²) >= 11 is 0. The molecule has 35 heavy (non-hydrogen) atoms. The molecule has 0 aliphatic rings. The Hall–Kier alpha value is -4.06. The number of benzene rings is 1. The number of pyridine rings is 1. The average Bonchev–Trinajstić information content (AvgIpc) is 3.25. The van der Waals surface area contributed by atoms with Crippen LogP contribution in [-0.2, 0) is 10.0 Å². The summed E-state index contributed by atoms with van der Waals surface area (Å²) in [6.45, 7) is 5.22. The minimum absolute atomic E-state index is 0.0525. The summed E-state index contributed by atoms with van der Waals surface area (Å²) in [4.78, 5) is 12.6. The van der Waals surface area contributed by atoms with E-state index in [2.05, 4.69) is 29.9 Å². The number of hydrogen-bond acceptors (Lipinski definition) is 9. The third kappa shape index (κ3) is 4.78. The van der Waals surface area contributed by atoms with E-state index in [4.69, 9.17) is 9.47 Å². The SMILES string of the molecule is COc1cccc(OC)c1-n1c(NS(=O)(=O)[C@@H](C)c2ncc(C)cn2)nnc1-c1cncc(C)c1. The second-order valence-electron chi connectivity index (χ2n) is 7.85. The number of sulfonamides is 1. The van der Waals surface area contributed by atoms with E-state index in [1.807, 2.05) is 19.9 Å². The third-order valence-corrected chi connectivity index (χ3v) is 6.89. The summed E-state index contributed by atoms with van der Waals surface area (Å²) in [6, 6.07) is 7.10. The molecule has 0 aliphatic carbocycles. The van der Waals surface area contributed by atoms with Crippen molar-refractivity contribution < 1.29 is 17.9 Å². The highest BCUT2D eigenvalue weighted by atomic mass is 32.2. The zero-order chi connectivity index (χ0) is 25.2. The van der Waals surface area contributed by atoms with Crippen LogP contribution in [0.25, 0.3) is 17.1 Å². The monoisotopic (exact) mass is 495 g/mol. The molecular weight excluding hydrogens is 470 g/mol. The molecule has 0 fully saturated rings. The second kappa shape index (κ2) is 9.66. The molecule has 0 bridgehead atoms. The average molecular weight is 496 g/mol. The summed E-state index contributed by atoms with van der Waals surface area (Å²) in [5, 5.41) is 7.40. The van der Waals surface area contributed by atoms with E-state index < -0.39 is 15.3 Å². The van der Waals surface area contributed by atoms with Crippen LogP contribution in [0.2, 0.25) is 0 Å². The van der Waals surface area contributed by atoms with Crippen molar-refractivity contribution in [1.82, 2.24) is 29.7 Å². The van der Waals surface area contributed by atoms with Gasteiger partial charge in [-0.3, -0.25) is 14.3 Å². The number of para-hydroxylation sites is 1. The molecule has 3 aromatic heterocycles. The molecule has 1 aromatic carbocycles. The molecule has 11 nitrogen and oxygen atoms in total. The van der Waals surface area contributed by atoms with Crippen molar-refractivity contribution in [2.24, 2.45) is 0 Å². The molecule has 0 radical (unpaired) electrons. The molecule has 0 spiro atoms. The fraction of sp³-hybridized carbons (Fsp3) is 0.261. The van der Waals surface area contributed by atoms with Crippen molar-refractivity contribution >= 4 is 16.0 Å². The first-order valence-corrected chi connectivity index (χ1v) is 12.2. The Morgan fingerprint density at radius 2 is 1.60 bits per heavy atom. The van der Waals surface area contributed by atoms with Crippen molar-refractivity contribution in [2.45, 2.75) is 26.0 Å². The highest BCUT2D eigenvalue weighted by Crippen LogP contribution is 2.38. The van der Waals surface area contributed by atoms with Crippen LogP contribution in [0, 0.1) is 13.8 Å². The number of anilines is 1. The standard InChI is InChI=1S/C23H25N7O4S/c1-14-9-17(13-24-10-14)22-27-28-23(30(22)20-18(33-4)7-6-8-19(20)34-5)29-35(31,32)16(3)21-25-11-15(2)12-26-21/h6-13,16H,1-5H3,(H,28,29)/t16-/m0/s1. The first kappa shape index (κ1) is 24.1. The van der Waals surface area contributed by atoms with Crippen molar-refractivity contribution in [1.29, 1.82) is 0 Å². The van der Waals surface area contributed by atoms with Crippen LogP contribution >= 0.6 is 0 Å². The van der Waals surface area contributed by atoms with Gasteiger partial charge in [0.05, 0.1) is 14.2 Å². The lowest BCUT2D eigenvalue weighted by atomic mass is 10.2. The largest absolute Gasteiger partial charge is 0.494 e. The topological polar surface area (TPSA) is 134 Å². The van der Waals surface area contributed by atoms with E-state index in [0.717, 1.165) is 11.1 Å². The van der Waals surface area contributed by atoms with Crippen LogP contribution in [-0.4, -0.2) is 52.4 Å². The summed E-state index contributed by atoms with van der Waals surface area (Å²) in [5.41, 5.74) is 2.78. The first-order valence-electron chi connectivity index (χ1n) is 10.6. The maximum absolute atomic E-state index is 13.3.